The third-order valence-electron chi connectivity index (χ3n) is 6.07. The van der Waals surface area contributed by atoms with Crippen molar-refractivity contribution < 1.29 is 17.6 Å². The maximum atomic E-state index is 13.9. The molecule has 4 rings (SSSR count). The van der Waals surface area contributed by atoms with E-state index in [0.717, 1.165) is 5.56 Å². The van der Waals surface area contributed by atoms with E-state index >= 15 is 0 Å². The molecule has 0 bridgehead atoms. The number of amides is 1. The minimum Gasteiger partial charge on any atom is -0.342 e. The number of nitrogens with zero attached hydrogens (tertiary/aromatic N) is 3. The van der Waals surface area contributed by atoms with Crippen molar-refractivity contribution in [2.75, 3.05) is 13.1 Å². The first-order valence-corrected chi connectivity index (χ1v) is 12.3. The predicted octanol–water partition coefficient (Wildman–Crippen LogP) is 3.17. The van der Waals surface area contributed by atoms with Gasteiger partial charge in [-0.25, -0.2) is 17.8 Å². The molecule has 1 amide bonds. The summed E-state index contributed by atoms with van der Waals surface area (Å²) in [5, 5.41) is 3.01. The molecule has 1 aromatic heterocycles. The van der Waals surface area contributed by atoms with Crippen LogP contribution in [0.4, 0.5) is 4.39 Å². The van der Waals surface area contributed by atoms with Gasteiger partial charge in [-0.2, -0.15) is 4.31 Å². The highest BCUT2D eigenvalue weighted by molar-refractivity contribution is 7.89. The lowest BCUT2D eigenvalue weighted by Gasteiger charge is -2.31. The second-order valence-corrected chi connectivity index (χ2v) is 10.3. The first kappa shape index (κ1) is 23.1. The summed E-state index contributed by atoms with van der Waals surface area (Å²) in [6, 6.07) is 12.2. The van der Waals surface area contributed by atoms with E-state index in [1.807, 2.05) is 14.0 Å². The molecule has 3 aromatic rings. The zero-order chi connectivity index (χ0) is 23.6. The van der Waals surface area contributed by atoms with Crippen molar-refractivity contribution in [3.8, 4) is 0 Å². The second kappa shape index (κ2) is 9.44. The lowest BCUT2D eigenvalue weighted by atomic mass is 9.96. The summed E-state index contributed by atoms with van der Waals surface area (Å²) < 4.78 is 43.0. The van der Waals surface area contributed by atoms with Crippen molar-refractivity contribution in [2.45, 2.75) is 30.7 Å². The van der Waals surface area contributed by atoms with Crippen molar-refractivity contribution >= 4 is 15.9 Å². The number of imidazole rings is 1. The third kappa shape index (κ3) is 4.99. The zero-order valence-electron chi connectivity index (χ0n) is 18.6. The van der Waals surface area contributed by atoms with E-state index in [0.29, 0.717) is 24.2 Å². The molecule has 1 fully saturated rings. The fraction of sp³-hybridized carbons (Fsp3) is 0.333. The Morgan fingerprint density at radius 2 is 1.85 bits per heavy atom. The van der Waals surface area contributed by atoms with Crippen LogP contribution in [0.5, 0.6) is 0 Å². The van der Waals surface area contributed by atoms with Gasteiger partial charge in [0.15, 0.2) is 0 Å². The van der Waals surface area contributed by atoms with Gasteiger partial charge in [0.1, 0.15) is 17.7 Å². The lowest BCUT2D eigenvalue weighted by molar-refractivity contribution is -0.126. The van der Waals surface area contributed by atoms with Gasteiger partial charge >= 0.3 is 0 Å². The molecule has 174 valence electrons. The van der Waals surface area contributed by atoms with Crippen LogP contribution in [0.1, 0.15) is 35.8 Å². The SMILES string of the molecule is Cc1ccc(S(=O)(=O)N2CCC(C(=O)NC(c3cccc(F)c3)c3nccn3C)CC2)cc1. The van der Waals surface area contributed by atoms with Crippen molar-refractivity contribution in [1.29, 1.82) is 0 Å². The van der Waals surface area contributed by atoms with E-state index in [1.165, 1.54) is 16.4 Å². The minimum atomic E-state index is -3.59. The maximum absolute atomic E-state index is 13.9. The number of hydrogen-bond acceptors (Lipinski definition) is 4. The van der Waals surface area contributed by atoms with E-state index in [-0.39, 0.29) is 29.8 Å². The Hall–Kier alpha value is -3.04. The molecular weight excluding hydrogens is 443 g/mol. The van der Waals surface area contributed by atoms with Gasteiger partial charge in [0.2, 0.25) is 15.9 Å². The van der Waals surface area contributed by atoms with Crippen LogP contribution in [-0.2, 0) is 21.9 Å². The molecule has 0 saturated carbocycles. The number of hydrogen-bond donors (Lipinski definition) is 1. The number of aryl methyl sites for hydroxylation is 2. The van der Waals surface area contributed by atoms with Gasteiger partial charge in [-0.15, -0.1) is 0 Å². The highest BCUT2D eigenvalue weighted by Gasteiger charge is 2.33. The van der Waals surface area contributed by atoms with Gasteiger partial charge in [0, 0.05) is 38.4 Å². The topological polar surface area (TPSA) is 84.3 Å². The number of aromatic nitrogens is 2. The molecule has 2 heterocycles. The lowest BCUT2D eigenvalue weighted by Crippen LogP contribution is -2.44. The van der Waals surface area contributed by atoms with E-state index in [9.17, 15) is 17.6 Å². The number of nitrogens with one attached hydrogen (secondary N) is 1. The van der Waals surface area contributed by atoms with Gasteiger partial charge in [0.25, 0.3) is 0 Å². The molecule has 1 N–H and O–H groups in total. The number of piperidine rings is 1. The second-order valence-electron chi connectivity index (χ2n) is 8.38. The average molecular weight is 471 g/mol. The molecular formula is C24H27FN4O3S. The Bertz CT molecular complexity index is 1230. The van der Waals surface area contributed by atoms with Crippen molar-refractivity contribution in [3.05, 3.63) is 83.7 Å². The molecule has 1 aliphatic heterocycles. The number of carbonyl (C=O) groups is 1. The van der Waals surface area contributed by atoms with Crippen LogP contribution >= 0.6 is 0 Å². The monoisotopic (exact) mass is 470 g/mol. The molecule has 7 nitrogen and oxygen atoms in total. The number of carbonyl (C=O) groups excluding carboxylic acids is 1. The van der Waals surface area contributed by atoms with Gasteiger partial charge < -0.3 is 9.88 Å². The van der Waals surface area contributed by atoms with Gasteiger partial charge in [-0.05, 0) is 49.6 Å². The largest absolute Gasteiger partial charge is 0.342 e. The standard InChI is InChI=1S/C24H27FN4O3S/c1-17-6-8-21(9-7-17)33(31,32)29-13-10-18(11-14-29)24(30)27-22(23-26-12-15-28(23)2)19-4-3-5-20(25)16-19/h3-9,12,15-16,18,22H,10-11,13-14H2,1-2H3,(H,27,30). The summed E-state index contributed by atoms with van der Waals surface area (Å²) in [5.74, 6) is -0.339. The highest BCUT2D eigenvalue weighted by Crippen LogP contribution is 2.27. The minimum absolute atomic E-state index is 0.195. The summed E-state index contributed by atoms with van der Waals surface area (Å²) in [4.78, 5) is 17.7. The Balaban J connectivity index is 1.46. The van der Waals surface area contributed by atoms with E-state index in [4.69, 9.17) is 0 Å². The summed E-state index contributed by atoms with van der Waals surface area (Å²) in [6.45, 7) is 2.44. The van der Waals surface area contributed by atoms with Gasteiger partial charge in [-0.3, -0.25) is 4.79 Å². The normalized spacial score (nSPS) is 16.5. The highest BCUT2D eigenvalue weighted by atomic mass is 32.2. The van der Waals surface area contributed by atoms with Crippen LogP contribution in [0.15, 0.2) is 65.8 Å². The fourth-order valence-electron chi connectivity index (χ4n) is 4.12. The van der Waals surface area contributed by atoms with Crippen molar-refractivity contribution in [2.24, 2.45) is 13.0 Å². The molecule has 33 heavy (non-hydrogen) atoms. The summed E-state index contributed by atoms with van der Waals surface area (Å²) >= 11 is 0. The molecule has 1 saturated heterocycles. The van der Waals surface area contributed by atoms with Crippen molar-refractivity contribution in [3.63, 3.8) is 0 Å². The molecule has 1 aliphatic rings. The molecule has 9 heteroatoms. The first-order chi connectivity index (χ1) is 15.8. The van der Waals surface area contributed by atoms with Crippen molar-refractivity contribution in [1.82, 2.24) is 19.2 Å². The number of halogens is 1. The number of rotatable bonds is 6. The molecule has 0 aliphatic carbocycles. The van der Waals surface area contributed by atoms with Crippen LogP contribution in [0.3, 0.4) is 0 Å². The van der Waals surface area contributed by atoms with E-state index < -0.39 is 21.9 Å². The van der Waals surface area contributed by atoms with E-state index in [2.05, 4.69) is 10.3 Å². The number of sulfonamides is 1. The smallest absolute Gasteiger partial charge is 0.243 e. The Morgan fingerprint density at radius 1 is 1.15 bits per heavy atom. The van der Waals surface area contributed by atoms with Crippen LogP contribution in [0.25, 0.3) is 0 Å². The average Bonchev–Trinajstić information content (AvgIpc) is 3.23. The molecule has 0 spiro atoms. The molecule has 0 radical (unpaired) electrons. The van der Waals surface area contributed by atoms with E-state index in [1.54, 1.807) is 53.4 Å². The maximum Gasteiger partial charge on any atom is 0.243 e. The zero-order valence-corrected chi connectivity index (χ0v) is 19.4. The summed E-state index contributed by atoms with van der Waals surface area (Å²) in [5.41, 5.74) is 1.59. The van der Waals surface area contributed by atoms with Gasteiger partial charge in [0.05, 0.1) is 4.90 Å². The fourth-order valence-corrected chi connectivity index (χ4v) is 5.59. The van der Waals surface area contributed by atoms with Crippen LogP contribution in [-0.4, -0.2) is 41.3 Å². The van der Waals surface area contributed by atoms with Crippen LogP contribution in [0, 0.1) is 18.7 Å². The molecule has 1 atom stereocenters. The third-order valence-corrected chi connectivity index (χ3v) is 7.98. The summed E-state index contributed by atoms with van der Waals surface area (Å²) in [7, 11) is -1.78. The first-order valence-electron chi connectivity index (χ1n) is 10.9. The Labute approximate surface area is 193 Å². The summed E-state index contributed by atoms with van der Waals surface area (Å²) in [6.07, 6.45) is 4.21. The Morgan fingerprint density at radius 3 is 2.45 bits per heavy atom. The molecule has 2 aromatic carbocycles. The quantitative estimate of drug-likeness (QED) is 0.600. The Kier molecular flexibility index (Phi) is 6.62. The van der Waals surface area contributed by atoms with Crippen LogP contribution in [0.2, 0.25) is 0 Å². The van der Waals surface area contributed by atoms with Crippen LogP contribution < -0.4 is 5.32 Å². The molecule has 1 unspecified atom stereocenters. The van der Waals surface area contributed by atoms with Gasteiger partial charge in [-0.1, -0.05) is 29.8 Å². The predicted molar refractivity (Wildman–Crippen MR) is 122 cm³/mol. The number of benzene rings is 2.